The predicted octanol–water partition coefficient (Wildman–Crippen LogP) is 3.09. The van der Waals surface area contributed by atoms with E-state index in [1.807, 2.05) is 19.3 Å². The Balaban J connectivity index is 0.00000220. The summed E-state index contributed by atoms with van der Waals surface area (Å²) in [7, 11) is 0. The number of thiazole rings is 2. The summed E-state index contributed by atoms with van der Waals surface area (Å²) >= 11 is 3.38. The van der Waals surface area contributed by atoms with Gasteiger partial charge in [-0.25, -0.2) is 15.0 Å². The maximum atomic E-state index is 4.56. The maximum absolute atomic E-state index is 4.56. The van der Waals surface area contributed by atoms with Gasteiger partial charge >= 0.3 is 0 Å². The molecule has 8 heteroatoms. The van der Waals surface area contributed by atoms with Crippen LogP contribution in [0.1, 0.15) is 26.7 Å². The van der Waals surface area contributed by atoms with Crippen molar-refractivity contribution in [3.8, 4) is 0 Å². The lowest BCUT2D eigenvalue weighted by molar-refractivity contribution is 0.813. The van der Waals surface area contributed by atoms with E-state index in [1.54, 1.807) is 22.7 Å². The van der Waals surface area contributed by atoms with Gasteiger partial charge in [0.05, 0.1) is 18.1 Å². The average molecular weight is 437 g/mol. The van der Waals surface area contributed by atoms with Gasteiger partial charge in [0, 0.05) is 28.7 Å². The number of nitrogens with zero attached hydrogens (tertiary/aromatic N) is 3. The number of hydrogen-bond donors (Lipinski definition) is 2. The summed E-state index contributed by atoms with van der Waals surface area (Å²) < 4.78 is 0. The highest BCUT2D eigenvalue weighted by Gasteiger charge is 2.02. The van der Waals surface area contributed by atoms with E-state index < -0.39 is 0 Å². The second kappa shape index (κ2) is 9.31. The normalized spacial score (nSPS) is 11.1. The molecule has 0 aliphatic carbocycles. The van der Waals surface area contributed by atoms with Gasteiger partial charge in [-0.05, 0) is 20.8 Å². The molecule has 5 nitrogen and oxygen atoms in total. The van der Waals surface area contributed by atoms with E-state index in [4.69, 9.17) is 0 Å². The smallest absolute Gasteiger partial charge is 0.191 e. The Labute approximate surface area is 150 Å². The minimum absolute atomic E-state index is 0. The molecule has 116 valence electrons. The molecule has 0 fully saturated rings. The summed E-state index contributed by atoms with van der Waals surface area (Å²) in [6, 6.07) is 0. The highest BCUT2D eigenvalue weighted by atomic mass is 127. The Morgan fingerprint density at radius 2 is 2.00 bits per heavy atom. The Morgan fingerprint density at radius 1 is 1.19 bits per heavy atom. The molecule has 2 aromatic heterocycles. The van der Waals surface area contributed by atoms with E-state index in [1.165, 1.54) is 9.75 Å². The van der Waals surface area contributed by atoms with Gasteiger partial charge in [-0.3, -0.25) is 0 Å². The first kappa shape index (κ1) is 18.3. The molecule has 0 aliphatic rings. The number of aryl methyl sites for hydroxylation is 2. The van der Waals surface area contributed by atoms with Crippen LogP contribution in [0.4, 0.5) is 0 Å². The zero-order chi connectivity index (χ0) is 14.4. The second-order valence-electron chi connectivity index (χ2n) is 4.26. The fraction of sp³-hybridized carbons (Fsp3) is 0.462. The Morgan fingerprint density at radius 3 is 2.57 bits per heavy atom. The first-order chi connectivity index (χ1) is 9.67. The van der Waals surface area contributed by atoms with Crippen molar-refractivity contribution < 1.29 is 0 Å². The van der Waals surface area contributed by atoms with E-state index in [0.717, 1.165) is 22.5 Å². The molecule has 0 unspecified atom stereocenters. The van der Waals surface area contributed by atoms with Gasteiger partial charge < -0.3 is 10.6 Å². The van der Waals surface area contributed by atoms with Crippen LogP contribution >= 0.6 is 46.7 Å². The van der Waals surface area contributed by atoms with Gasteiger partial charge in [0.15, 0.2) is 5.96 Å². The van der Waals surface area contributed by atoms with E-state index in [2.05, 4.69) is 39.4 Å². The van der Waals surface area contributed by atoms with Crippen LogP contribution in [0, 0.1) is 13.8 Å². The minimum atomic E-state index is 0. The molecule has 2 N–H and O–H groups in total. The molecule has 0 amide bonds. The highest BCUT2D eigenvalue weighted by molar-refractivity contribution is 14.0. The van der Waals surface area contributed by atoms with Gasteiger partial charge in [0.25, 0.3) is 0 Å². The zero-order valence-electron chi connectivity index (χ0n) is 12.3. The molecule has 0 bridgehead atoms. The second-order valence-corrected chi connectivity index (χ2v) is 6.90. The van der Waals surface area contributed by atoms with Gasteiger partial charge in [0.1, 0.15) is 5.01 Å². The quantitative estimate of drug-likeness (QED) is 0.429. The van der Waals surface area contributed by atoms with Crippen molar-refractivity contribution in [2.75, 3.05) is 6.54 Å². The molecule has 0 radical (unpaired) electrons. The van der Waals surface area contributed by atoms with E-state index in [0.29, 0.717) is 13.1 Å². The number of guanidine groups is 1. The van der Waals surface area contributed by atoms with Crippen LogP contribution in [0.5, 0.6) is 0 Å². The number of aliphatic imine (C=N–C) groups is 1. The number of hydrogen-bond acceptors (Lipinski definition) is 5. The van der Waals surface area contributed by atoms with Crippen LogP contribution in [0.15, 0.2) is 17.4 Å². The molecule has 0 saturated carbocycles. The average Bonchev–Trinajstić information content (AvgIpc) is 3.02. The Bertz CT molecular complexity index is 579. The predicted molar refractivity (Wildman–Crippen MR) is 101 cm³/mol. The lowest BCUT2D eigenvalue weighted by Crippen LogP contribution is -2.36. The molecule has 0 atom stereocenters. The van der Waals surface area contributed by atoms with Crippen LogP contribution in [0.2, 0.25) is 0 Å². The van der Waals surface area contributed by atoms with Crippen molar-refractivity contribution in [2.24, 2.45) is 4.99 Å². The van der Waals surface area contributed by atoms with Gasteiger partial charge in [-0.2, -0.15) is 0 Å². The van der Waals surface area contributed by atoms with Crippen LogP contribution < -0.4 is 10.6 Å². The van der Waals surface area contributed by atoms with E-state index in [9.17, 15) is 0 Å². The summed E-state index contributed by atoms with van der Waals surface area (Å²) in [6.07, 6.45) is 3.78. The summed E-state index contributed by atoms with van der Waals surface area (Å²) in [6.45, 7) is 8.31. The molecular weight excluding hydrogens is 417 g/mol. The van der Waals surface area contributed by atoms with Gasteiger partial charge in [-0.15, -0.1) is 46.7 Å². The van der Waals surface area contributed by atoms with E-state index in [-0.39, 0.29) is 24.0 Å². The molecular formula is C13H20IN5S2. The third-order valence-corrected chi connectivity index (χ3v) is 4.29. The van der Waals surface area contributed by atoms with Crippen LogP contribution in [0.25, 0.3) is 0 Å². The summed E-state index contributed by atoms with van der Waals surface area (Å²) in [5.74, 6) is 0.811. The first-order valence-electron chi connectivity index (χ1n) is 6.52. The summed E-state index contributed by atoms with van der Waals surface area (Å²) in [5.41, 5.74) is 0. The van der Waals surface area contributed by atoms with Crippen molar-refractivity contribution in [3.63, 3.8) is 0 Å². The molecule has 2 rings (SSSR count). The molecule has 21 heavy (non-hydrogen) atoms. The van der Waals surface area contributed by atoms with Crippen molar-refractivity contribution in [1.82, 2.24) is 20.6 Å². The SMILES string of the molecule is CCNC(=NCc1cnc(C)s1)NCc1ncc(C)s1.I. The van der Waals surface area contributed by atoms with Crippen LogP contribution in [0.3, 0.4) is 0 Å². The third-order valence-electron chi connectivity index (χ3n) is 2.48. The fourth-order valence-corrected chi connectivity index (χ4v) is 3.07. The molecule has 0 saturated heterocycles. The lowest BCUT2D eigenvalue weighted by atomic mass is 10.5. The van der Waals surface area contributed by atoms with Crippen molar-refractivity contribution >= 4 is 52.6 Å². The molecule has 2 heterocycles. The largest absolute Gasteiger partial charge is 0.357 e. The minimum Gasteiger partial charge on any atom is -0.357 e. The zero-order valence-corrected chi connectivity index (χ0v) is 16.3. The molecule has 0 spiro atoms. The highest BCUT2D eigenvalue weighted by Crippen LogP contribution is 2.12. The number of nitrogens with one attached hydrogen (secondary N) is 2. The van der Waals surface area contributed by atoms with Crippen LogP contribution in [-0.4, -0.2) is 22.5 Å². The molecule has 0 aliphatic heterocycles. The molecule has 2 aromatic rings. The van der Waals surface area contributed by atoms with Crippen molar-refractivity contribution in [1.29, 1.82) is 0 Å². The number of aromatic nitrogens is 2. The van der Waals surface area contributed by atoms with E-state index >= 15 is 0 Å². The number of halogens is 1. The summed E-state index contributed by atoms with van der Waals surface area (Å²) in [4.78, 5) is 15.5. The Hall–Kier alpha value is -0.740. The topological polar surface area (TPSA) is 62.2 Å². The lowest BCUT2D eigenvalue weighted by Gasteiger charge is -2.09. The summed E-state index contributed by atoms with van der Waals surface area (Å²) in [5, 5.41) is 8.68. The standard InChI is InChI=1S/C13H19N5S2.HI/c1-4-14-13(17-7-11-6-15-10(3)20-11)18-8-12-16-5-9(2)19-12;/h5-6H,4,7-8H2,1-3H3,(H2,14,17,18);1H. The maximum Gasteiger partial charge on any atom is 0.191 e. The third kappa shape index (κ3) is 6.27. The first-order valence-corrected chi connectivity index (χ1v) is 8.15. The van der Waals surface area contributed by atoms with Crippen LogP contribution in [-0.2, 0) is 13.1 Å². The van der Waals surface area contributed by atoms with Crippen molar-refractivity contribution in [3.05, 3.63) is 32.2 Å². The van der Waals surface area contributed by atoms with Crippen molar-refractivity contribution in [2.45, 2.75) is 33.9 Å². The van der Waals surface area contributed by atoms with Gasteiger partial charge in [-0.1, -0.05) is 0 Å². The Kier molecular flexibility index (Phi) is 8.12. The number of rotatable bonds is 5. The molecule has 0 aromatic carbocycles. The monoisotopic (exact) mass is 437 g/mol. The van der Waals surface area contributed by atoms with Gasteiger partial charge in [0.2, 0.25) is 0 Å². The fourth-order valence-electron chi connectivity index (χ4n) is 1.62.